The van der Waals surface area contributed by atoms with Gasteiger partial charge in [-0.3, -0.25) is 4.90 Å². The van der Waals surface area contributed by atoms with Crippen LogP contribution in [0, 0.1) is 5.82 Å². The fourth-order valence-corrected chi connectivity index (χ4v) is 2.12. The third-order valence-electron chi connectivity index (χ3n) is 3.19. The number of unbranched alkanes of at least 4 members (excludes halogenated alkanes) is 2. The van der Waals surface area contributed by atoms with Gasteiger partial charge in [-0.05, 0) is 45.2 Å². The summed E-state index contributed by atoms with van der Waals surface area (Å²) in [6.07, 6.45) is 3.50. The molecule has 0 aliphatic heterocycles. The Morgan fingerprint density at radius 1 is 1.24 bits per heavy atom. The van der Waals surface area contributed by atoms with Gasteiger partial charge < -0.3 is 0 Å². The van der Waals surface area contributed by atoms with Crippen molar-refractivity contribution < 1.29 is 4.39 Å². The van der Waals surface area contributed by atoms with Gasteiger partial charge in [-0.2, -0.15) is 12.6 Å². The summed E-state index contributed by atoms with van der Waals surface area (Å²) in [5, 5.41) is 0. The zero-order valence-corrected chi connectivity index (χ0v) is 11.6. The Kier molecular flexibility index (Phi) is 6.60. The van der Waals surface area contributed by atoms with Crippen molar-refractivity contribution in [2.45, 2.75) is 32.2 Å². The van der Waals surface area contributed by atoms with Crippen molar-refractivity contribution >= 4 is 12.6 Å². The van der Waals surface area contributed by atoms with E-state index in [2.05, 4.69) is 31.5 Å². The van der Waals surface area contributed by atoms with Crippen LogP contribution in [0.2, 0.25) is 0 Å². The van der Waals surface area contributed by atoms with Gasteiger partial charge in [0, 0.05) is 11.6 Å². The van der Waals surface area contributed by atoms with Gasteiger partial charge in [-0.1, -0.05) is 24.6 Å². The average molecular weight is 255 g/mol. The third kappa shape index (κ3) is 4.68. The van der Waals surface area contributed by atoms with Crippen LogP contribution >= 0.6 is 12.6 Å². The van der Waals surface area contributed by atoms with Gasteiger partial charge in [0.15, 0.2) is 0 Å². The molecule has 0 fully saturated rings. The molecule has 1 aromatic rings. The molecule has 0 amide bonds. The van der Waals surface area contributed by atoms with Gasteiger partial charge in [0.2, 0.25) is 0 Å². The first-order chi connectivity index (χ1) is 8.16. The van der Waals surface area contributed by atoms with Crippen LogP contribution in [-0.2, 0) is 0 Å². The van der Waals surface area contributed by atoms with Crippen LogP contribution in [0.1, 0.15) is 37.8 Å². The van der Waals surface area contributed by atoms with Crippen molar-refractivity contribution in [3.8, 4) is 0 Å². The molecule has 17 heavy (non-hydrogen) atoms. The maximum atomic E-state index is 13.6. The molecule has 0 saturated carbocycles. The topological polar surface area (TPSA) is 3.24 Å². The van der Waals surface area contributed by atoms with Gasteiger partial charge in [0.25, 0.3) is 0 Å². The van der Waals surface area contributed by atoms with Gasteiger partial charge in [0.05, 0.1) is 0 Å². The molecule has 0 radical (unpaired) electrons. The standard InChI is InChI=1S/C14H22FNS/c1-12(13-8-4-5-9-14(13)15)16(2)10-6-3-7-11-17/h4-5,8-9,12,17H,3,6-7,10-11H2,1-2H3. The molecule has 1 rings (SSSR count). The van der Waals surface area contributed by atoms with Gasteiger partial charge in [0.1, 0.15) is 5.82 Å². The molecule has 0 N–H and O–H groups in total. The van der Waals surface area contributed by atoms with Crippen LogP contribution in [-0.4, -0.2) is 24.2 Å². The number of hydrogen-bond acceptors (Lipinski definition) is 2. The summed E-state index contributed by atoms with van der Waals surface area (Å²) in [7, 11) is 2.05. The highest BCUT2D eigenvalue weighted by molar-refractivity contribution is 7.80. The molecule has 3 heteroatoms. The van der Waals surface area contributed by atoms with E-state index < -0.39 is 0 Å². The maximum Gasteiger partial charge on any atom is 0.127 e. The molecule has 1 nitrogen and oxygen atoms in total. The van der Waals surface area contributed by atoms with Crippen LogP contribution in [0.25, 0.3) is 0 Å². The molecule has 0 spiro atoms. The van der Waals surface area contributed by atoms with Crippen LogP contribution < -0.4 is 0 Å². The lowest BCUT2D eigenvalue weighted by atomic mass is 10.1. The fourth-order valence-electron chi connectivity index (χ4n) is 1.89. The highest BCUT2D eigenvalue weighted by atomic mass is 32.1. The van der Waals surface area contributed by atoms with E-state index in [9.17, 15) is 4.39 Å². The Bertz CT molecular complexity index is 330. The van der Waals surface area contributed by atoms with E-state index in [-0.39, 0.29) is 11.9 Å². The molecule has 0 bridgehead atoms. The SMILES string of the molecule is CC(c1ccccc1F)N(C)CCCCCS. The number of thiol groups is 1. The average Bonchev–Trinajstić information content (AvgIpc) is 2.34. The Balaban J connectivity index is 2.46. The lowest BCUT2D eigenvalue weighted by molar-refractivity contribution is 0.251. The number of rotatable bonds is 7. The number of hydrogen-bond donors (Lipinski definition) is 1. The zero-order chi connectivity index (χ0) is 12.7. The second-order valence-corrected chi connectivity index (χ2v) is 4.91. The molecule has 0 saturated heterocycles. The molecule has 0 heterocycles. The highest BCUT2D eigenvalue weighted by Crippen LogP contribution is 2.21. The summed E-state index contributed by atoms with van der Waals surface area (Å²) in [6, 6.07) is 7.15. The summed E-state index contributed by atoms with van der Waals surface area (Å²) < 4.78 is 13.6. The minimum Gasteiger partial charge on any atom is -0.300 e. The maximum absolute atomic E-state index is 13.6. The Morgan fingerprint density at radius 3 is 2.59 bits per heavy atom. The fraction of sp³-hybridized carbons (Fsp3) is 0.571. The number of halogens is 1. The molecular weight excluding hydrogens is 233 g/mol. The van der Waals surface area contributed by atoms with E-state index in [1.54, 1.807) is 6.07 Å². The lowest BCUT2D eigenvalue weighted by Crippen LogP contribution is -2.24. The summed E-state index contributed by atoms with van der Waals surface area (Å²) in [6.45, 7) is 3.06. The number of nitrogens with zero attached hydrogens (tertiary/aromatic N) is 1. The second kappa shape index (κ2) is 7.72. The molecule has 0 aliphatic carbocycles. The molecule has 96 valence electrons. The minimum absolute atomic E-state index is 0.109. The van der Waals surface area contributed by atoms with Crippen molar-refractivity contribution in [3.63, 3.8) is 0 Å². The smallest absolute Gasteiger partial charge is 0.127 e. The first kappa shape index (κ1) is 14.5. The normalized spacial score (nSPS) is 13.0. The van der Waals surface area contributed by atoms with Crippen molar-refractivity contribution in [1.82, 2.24) is 4.90 Å². The largest absolute Gasteiger partial charge is 0.300 e. The number of benzene rings is 1. The van der Waals surface area contributed by atoms with E-state index in [1.807, 2.05) is 12.1 Å². The molecule has 1 aromatic carbocycles. The Labute approximate surface area is 109 Å². The zero-order valence-electron chi connectivity index (χ0n) is 10.7. The van der Waals surface area contributed by atoms with E-state index in [0.717, 1.165) is 30.7 Å². The minimum atomic E-state index is -0.109. The second-order valence-electron chi connectivity index (χ2n) is 4.46. The monoisotopic (exact) mass is 255 g/mol. The predicted molar refractivity (Wildman–Crippen MR) is 75.1 cm³/mol. The van der Waals surface area contributed by atoms with Crippen molar-refractivity contribution in [1.29, 1.82) is 0 Å². The van der Waals surface area contributed by atoms with E-state index in [1.165, 1.54) is 12.5 Å². The Morgan fingerprint density at radius 2 is 1.94 bits per heavy atom. The quantitative estimate of drug-likeness (QED) is 0.571. The van der Waals surface area contributed by atoms with Crippen molar-refractivity contribution in [3.05, 3.63) is 35.6 Å². The highest BCUT2D eigenvalue weighted by Gasteiger charge is 2.14. The first-order valence-corrected chi connectivity index (χ1v) is 6.85. The molecule has 1 unspecified atom stereocenters. The van der Waals surface area contributed by atoms with Gasteiger partial charge in [-0.25, -0.2) is 4.39 Å². The Hall–Kier alpha value is -0.540. The summed E-state index contributed by atoms with van der Waals surface area (Å²) in [4.78, 5) is 2.21. The van der Waals surface area contributed by atoms with Crippen LogP contribution in [0.4, 0.5) is 4.39 Å². The van der Waals surface area contributed by atoms with Crippen LogP contribution in [0.5, 0.6) is 0 Å². The predicted octanol–water partition coefficient (Wildman–Crippen LogP) is 3.92. The first-order valence-electron chi connectivity index (χ1n) is 6.22. The van der Waals surface area contributed by atoms with E-state index in [4.69, 9.17) is 0 Å². The van der Waals surface area contributed by atoms with Crippen molar-refractivity contribution in [2.24, 2.45) is 0 Å². The molecular formula is C14H22FNS. The summed E-state index contributed by atoms with van der Waals surface area (Å²) >= 11 is 4.19. The van der Waals surface area contributed by atoms with Crippen LogP contribution in [0.3, 0.4) is 0 Å². The van der Waals surface area contributed by atoms with Crippen LogP contribution in [0.15, 0.2) is 24.3 Å². The molecule has 0 aromatic heterocycles. The van der Waals surface area contributed by atoms with Gasteiger partial charge >= 0.3 is 0 Å². The summed E-state index contributed by atoms with van der Waals surface area (Å²) in [5.74, 6) is 0.842. The van der Waals surface area contributed by atoms with E-state index >= 15 is 0 Å². The summed E-state index contributed by atoms with van der Waals surface area (Å²) in [5.41, 5.74) is 0.782. The van der Waals surface area contributed by atoms with Crippen molar-refractivity contribution in [2.75, 3.05) is 19.3 Å². The van der Waals surface area contributed by atoms with Gasteiger partial charge in [-0.15, -0.1) is 0 Å². The lowest BCUT2D eigenvalue weighted by Gasteiger charge is -2.25. The molecule has 1 atom stereocenters. The third-order valence-corrected chi connectivity index (χ3v) is 3.50. The van der Waals surface area contributed by atoms with E-state index in [0.29, 0.717) is 0 Å². The molecule has 0 aliphatic rings.